The molecule has 0 spiro atoms. The number of hydrogen-bond acceptors (Lipinski definition) is 4. The van der Waals surface area contributed by atoms with E-state index >= 15 is 0 Å². The molecule has 2 amide bonds. The number of rotatable bonds is 7. The van der Waals surface area contributed by atoms with Crippen LogP contribution in [0.3, 0.4) is 0 Å². The number of fused-ring (bicyclic) bond motifs is 1. The second kappa shape index (κ2) is 15.1. The van der Waals surface area contributed by atoms with E-state index in [1.54, 1.807) is 6.08 Å². The Kier molecular flexibility index (Phi) is 14.0. The molecule has 0 heterocycles. The number of aryl methyl sites for hydroxylation is 1. The van der Waals surface area contributed by atoms with Crippen LogP contribution < -0.4 is 21.5 Å². The van der Waals surface area contributed by atoms with Gasteiger partial charge >= 0.3 is 6.03 Å². The molecule has 5 nitrogen and oxygen atoms in total. The molecule has 0 fully saturated rings. The average Bonchev–Trinajstić information content (AvgIpc) is 2.71. The van der Waals surface area contributed by atoms with Crippen LogP contribution >= 0.6 is 11.8 Å². The minimum Gasteiger partial charge on any atom is -0.494 e. The van der Waals surface area contributed by atoms with E-state index in [0.29, 0.717) is 11.6 Å². The molecule has 1 aromatic rings. The number of nitrogens with two attached hydrogens (primary N) is 2. The summed E-state index contributed by atoms with van der Waals surface area (Å²) < 4.78 is 5.73. The van der Waals surface area contributed by atoms with Gasteiger partial charge in [-0.1, -0.05) is 52.0 Å². The molecule has 6 heteroatoms. The highest BCUT2D eigenvalue weighted by Crippen LogP contribution is 2.42. The van der Waals surface area contributed by atoms with Gasteiger partial charge in [-0.05, 0) is 61.6 Å². The minimum atomic E-state index is -0.584. The van der Waals surface area contributed by atoms with Crippen LogP contribution in [0.5, 0.6) is 5.75 Å². The van der Waals surface area contributed by atoms with Crippen molar-refractivity contribution in [1.82, 2.24) is 5.32 Å². The summed E-state index contributed by atoms with van der Waals surface area (Å²) in [4.78, 5) is 12.3. The van der Waals surface area contributed by atoms with Crippen molar-refractivity contribution in [2.75, 3.05) is 13.2 Å². The van der Waals surface area contributed by atoms with E-state index in [4.69, 9.17) is 16.2 Å². The Hall–Kier alpha value is -1.92. The molecule has 28 heavy (non-hydrogen) atoms. The third kappa shape index (κ3) is 8.40. The van der Waals surface area contributed by atoms with Crippen LogP contribution in [0, 0.1) is 0 Å². The molecule has 1 aliphatic rings. The Morgan fingerprint density at radius 3 is 2.50 bits per heavy atom. The molecule has 0 saturated heterocycles. The Labute approximate surface area is 175 Å². The number of hydrogen-bond donors (Lipinski definition) is 3. The molecule has 0 bridgehead atoms. The lowest BCUT2D eigenvalue weighted by molar-refractivity contribution is 0.252. The molecular formula is C22H37N3O2S. The number of thioether (sulfide) groups is 1. The van der Waals surface area contributed by atoms with Crippen molar-refractivity contribution in [3.63, 3.8) is 0 Å². The molecular weight excluding hydrogens is 370 g/mol. The molecule has 2 rings (SSSR count). The van der Waals surface area contributed by atoms with E-state index in [-0.39, 0.29) is 0 Å². The molecule has 0 saturated carbocycles. The van der Waals surface area contributed by atoms with Crippen molar-refractivity contribution in [3.8, 4) is 5.75 Å². The quantitative estimate of drug-likeness (QED) is 0.564. The highest BCUT2D eigenvalue weighted by atomic mass is 32.2. The fourth-order valence-corrected chi connectivity index (χ4v) is 3.71. The summed E-state index contributed by atoms with van der Waals surface area (Å²) in [6.45, 7) is 13.3. The predicted octanol–water partition coefficient (Wildman–Crippen LogP) is 5.41. The zero-order valence-corrected chi connectivity index (χ0v) is 19.0. The lowest BCUT2D eigenvalue weighted by Gasteiger charge is -2.23. The number of ether oxygens (including phenoxy) is 1. The summed E-state index contributed by atoms with van der Waals surface area (Å²) in [5, 5.41) is 3.31. The summed E-state index contributed by atoms with van der Waals surface area (Å²) in [6, 6.07) is 5.63. The van der Waals surface area contributed by atoms with E-state index in [2.05, 4.69) is 31.3 Å². The Morgan fingerprint density at radius 1 is 1.25 bits per heavy atom. The number of benzene rings is 1. The third-order valence-corrected chi connectivity index (χ3v) is 4.97. The maximum atomic E-state index is 11.2. The van der Waals surface area contributed by atoms with Gasteiger partial charge in [-0.25, -0.2) is 4.79 Å². The molecule has 0 atom stereocenters. The topological polar surface area (TPSA) is 90.4 Å². The van der Waals surface area contributed by atoms with Gasteiger partial charge in [-0.15, -0.1) is 0 Å². The number of primary amides is 1. The first-order valence-corrected chi connectivity index (χ1v) is 11.0. The molecule has 0 radical (unpaired) electrons. The molecule has 5 N–H and O–H groups in total. The van der Waals surface area contributed by atoms with E-state index in [9.17, 15) is 4.79 Å². The van der Waals surface area contributed by atoms with Crippen molar-refractivity contribution >= 4 is 22.7 Å². The standard InChI is InChI=1S/C18H25N3O2S.2C2H6/c1-3-10-23-14-6-7-15-13(11-14)5-4-12(2)17(15)24-16(8-9-19)21-18(20)22;2*1-2/h6-8,11H,3-5,9-10,19H2,1-2H3,(H3,20,21,22);2*1-2H3/b16-8+;;. The lowest BCUT2D eigenvalue weighted by atomic mass is 9.92. The lowest BCUT2D eigenvalue weighted by Crippen LogP contribution is -2.28. The highest BCUT2D eigenvalue weighted by Gasteiger charge is 2.19. The van der Waals surface area contributed by atoms with Crippen LogP contribution in [0.4, 0.5) is 4.79 Å². The number of amides is 2. The predicted molar refractivity (Wildman–Crippen MR) is 123 cm³/mol. The second-order valence-corrected chi connectivity index (χ2v) is 6.72. The summed E-state index contributed by atoms with van der Waals surface area (Å²) in [6.07, 6.45) is 4.73. The maximum Gasteiger partial charge on any atom is 0.317 e. The number of carbonyl (C=O) groups is 1. The van der Waals surface area contributed by atoms with Crippen molar-refractivity contribution < 1.29 is 9.53 Å². The Balaban J connectivity index is 0.00000171. The van der Waals surface area contributed by atoms with Crippen LogP contribution in [0.1, 0.15) is 65.5 Å². The normalized spacial score (nSPS) is 12.8. The van der Waals surface area contributed by atoms with Gasteiger partial charge in [0.2, 0.25) is 0 Å². The van der Waals surface area contributed by atoms with Crippen molar-refractivity contribution in [1.29, 1.82) is 0 Å². The molecule has 0 aliphatic heterocycles. The first-order valence-electron chi connectivity index (χ1n) is 10.2. The van der Waals surface area contributed by atoms with E-state index in [0.717, 1.165) is 36.5 Å². The van der Waals surface area contributed by atoms with Crippen LogP contribution in [-0.4, -0.2) is 19.2 Å². The zero-order chi connectivity index (χ0) is 21.5. The summed E-state index contributed by atoms with van der Waals surface area (Å²) in [7, 11) is 0. The smallest absolute Gasteiger partial charge is 0.317 e. The van der Waals surface area contributed by atoms with Gasteiger partial charge in [0, 0.05) is 11.4 Å². The van der Waals surface area contributed by atoms with Crippen LogP contribution in [0.25, 0.3) is 4.91 Å². The van der Waals surface area contributed by atoms with E-state index in [1.165, 1.54) is 28.5 Å². The van der Waals surface area contributed by atoms with Crippen LogP contribution in [-0.2, 0) is 6.42 Å². The number of carbonyl (C=O) groups excluding carboxylic acids is 1. The van der Waals surface area contributed by atoms with Crippen LogP contribution in [0.15, 0.2) is 34.9 Å². The summed E-state index contributed by atoms with van der Waals surface area (Å²) in [5.74, 6) is 0.910. The average molecular weight is 408 g/mol. The first kappa shape index (κ1) is 26.1. The van der Waals surface area contributed by atoms with Gasteiger partial charge in [-0.2, -0.15) is 0 Å². The monoisotopic (exact) mass is 407 g/mol. The van der Waals surface area contributed by atoms with Crippen molar-refractivity contribution in [3.05, 3.63) is 46.0 Å². The van der Waals surface area contributed by atoms with Crippen LogP contribution in [0.2, 0.25) is 0 Å². The second-order valence-electron chi connectivity index (χ2n) is 5.67. The molecule has 0 aromatic heterocycles. The molecule has 0 unspecified atom stereocenters. The first-order chi connectivity index (χ1) is 13.5. The zero-order valence-electron chi connectivity index (χ0n) is 18.2. The largest absolute Gasteiger partial charge is 0.494 e. The fourth-order valence-electron chi connectivity index (χ4n) is 2.57. The van der Waals surface area contributed by atoms with Crippen molar-refractivity contribution in [2.24, 2.45) is 11.5 Å². The minimum absolute atomic E-state index is 0.339. The van der Waals surface area contributed by atoms with E-state index < -0.39 is 6.03 Å². The summed E-state index contributed by atoms with van der Waals surface area (Å²) >= 11 is 1.50. The van der Waals surface area contributed by atoms with Gasteiger partial charge in [0.05, 0.1) is 11.6 Å². The fraction of sp³-hybridized carbons (Fsp3) is 0.500. The van der Waals surface area contributed by atoms with Crippen molar-refractivity contribution in [2.45, 2.75) is 60.8 Å². The highest BCUT2D eigenvalue weighted by molar-refractivity contribution is 8.11. The third-order valence-electron chi connectivity index (χ3n) is 3.71. The Bertz CT molecular complexity index is 670. The molecule has 1 aliphatic carbocycles. The molecule has 1 aromatic carbocycles. The molecule has 158 valence electrons. The van der Waals surface area contributed by atoms with Gasteiger partial charge in [0.15, 0.2) is 0 Å². The van der Waals surface area contributed by atoms with Gasteiger partial charge < -0.3 is 21.5 Å². The van der Waals surface area contributed by atoms with Gasteiger partial charge in [0.1, 0.15) is 5.75 Å². The van der Waals surface area contributed by atoms with E-state index in [1.807, 2.05) is 33.8 Å². The number of allylic oxidation sites excluding steroid dienone is 1. The Morgan fingerprint density at radius 2 is 1.93 bits per heavy atom. The number of urea groups is 1. The number of nitrogens with one attached hydrogen (secondary N) is 1. The van der Waals surface area contributed by atoms with Gasteiger partial charge in [-0.3, -0.25) is 0 Å². The maximum absolute atomic E-state index is 11.2. The SMILES string of the molecule is CC.CC.CCCOc1ccc2c(c1)CCC(C)=C2S/C(=C/CN)NC(N)=O. The summed E-state index contributed by atoms with van der Waals surface area (Å²) in [5.41, 5.74) is 14.6. The van der Waals surface area contributed by atoms with Gasteiger partial charge in [0.25, 0.3) is 0 Å².